The maximum absolute atomic E-state index is 12.7. The number of carbonyl (C=O) groups is 1. The molecule has 1 aromatic carbocycles. The fourth-order valence-electron chi connectivity index (χ4n) is 3.22. The summed E-state index contributed by atoms with van der Waals surface area (Å²) in [6.07, 6.45) is 5.89. The van der Waals surface area contributed by atoms with E-state index in [9.17, 15) is 9.59 Å². The van der Waals surface area contributed by atoms with Gasteiger partial charge in [-0.3, -0.25) is 9.59 Å². The highest BCUT2D eigenvalue weighted by atomic mass is 16.2. The molecule has 116 valence electrons. The minimum atomic E-state index is -0.288. The van der Waals surface area contributed by atoms with Crippen LogP contribution in [0.1, 0.15) is 43.0 Å². The second-order valence-corrected chi connectivity index (χ2v) is 5.85. The number of anilines is 1. The summed E-state index contributed by atoms with van der Waals surface area (Å²) in [5.74, 6) is -0.288. The van der Waals surface area contributed by atoms with E-state index >= 15 is 0 Å². The highest BCUT2D eigenvalue weighted by molar-refractivity contribution is 6.00. The minimum Gasteiger partial charge on any atom is -0.398 e. The molecule has 22 heavy (non-hydrogen) atoms. The van der Waals surface area contributed by atoms with Gasteiger partial charge in [0.05, 0.1) is 10.9 Å². The number of nitrogens with one attached hydrogen (secondary N) is 1. The average Bonchev–Trinajstić information content (AvgIpc) is 3.00. The van der Waals surface area contributed by atoms with Crippen LogP contribution in [0, 0.1) is 0 Å². The Labute approximate surface area is 129 Å². The van der Waals surface area contributed by atoms with Gasteiger partial charge in [0.25, 0.3) is 5.91 Å². The van der Waals surface area contributed by atoms with E-state index in [4.69, 9.17) is 5.73 Å². The van der Waals surface area contributed by atoms with Crippen LogP contribution in [-0.4, -0.2) is 16.5 Å². The van der Waals surface area contributed by atoms with Crippen molar-refractivity contribution in [3.63, 3.8) is 0 Å². The van der Waals surface area contributed by atoms with Gasteiger partial charge in [-0.25, -0.2) is 0 Å². The van der Waals surface area contributed by atoms with Crippen LogP contribution < -0.4 is 16.5 Å². The van der Waals surface area contributed by atoms with E-state index < -0.39 is 0 Å². The van der Waals surface area contributed by atoms with Gasteiger partial charge >= 0.3 is 0 Å². The Morgan fingerprint density at radius 3 is 2.77 bits per heavy atom. The lowest BCUT2D eigenvalue weighted by molar-refractivity contribution is 0.0936. The molecule has 1 heterocycles. The number of nitrogens with zero attached hydrogens (tertiary/aromatic N) is 1. The van der Waals surface area contributed by atoms with Crippen LogP contribution in [0.25, 0.3) is 10.9 Å². The summed E-state index contributed by atoms with van der Waals surface area (Å²) in [7, 11) is 0. The van der Waals surface area contributed by atoms with Crippen LogP contribution in [0.3, 0.4) is 0 Å². The molecule has 5 heteroatoms. The number of nitrogens with two attached hydrogens (primary N) is 1. The zero-order valence-corrected chi connectivity index (χ0v) is 12.8. The van der Waals surface area contributed by atoms with Crippen molar-refractivity contribution in [3.05, 3.63) is 40.2 Å². The highest BCUT2D eigenvalue weighted by Crippen LogP contribution is 2.20. The summed E-state index contributed by atoms with van der Waals surface area (Å²) in [4.78, 5) is 25.2. The number of rotatable bonds is 3. The standard InChI is InChI=1S/C17H21N3O2/c1-2-20-10-12(17(22)19-11-6-3-4-7-11)16(21)15-13(18)8-5-9-14(15)20/h5,8-11H,2-4,6-7,18H2,1H3,(H,19,22). The van der Waals surface area contributed by atoms with E-state index in [1.165, 1.54) is 0 Å². The molecule has 0 atom stereocenters. The van der Waals surface area contributed by atoms with Crippen molar-refractivity contribution < 1.29 is 4.79 Å². The van der Waals surface area contributed by atoms with Crippen molar-refractivity contribution in [3.8, 4) is 0 Å². The summed E-state index contributed by atoms with van der Waals surface area (Å²) in [6.45, 7) is 2.65. The van der Waals surface area contributed by atoms with Gasteiger partial charge in [0, 0.05) is 24.5 Å². The summed E-state index contributed by atoms with van der Waals surface area (Å²) in [6, 6.07) is 5.56. The lowest BCUT2D eigenvalue weighted by Gasteiger charge is -2.15. The van der Waals surface area contributed by atoms with Crippen LogP contribution >= 0.6 is 0 Å². The predicted octanol–water partition coefficient (Wildman–Crippen LogP) is 2.28. The number of amides is 1. The third kappa shape index (κ3) is 2.47. The molecule has 0 unspecified atom stereocenters. The van der Waals surface area contributed by atoms with Gasteiger partial charge in [0.15, 0.2) is 0 Å². The number of hydrogen-bond donors (Lipinski definition) is 2. The van der Waals surface area contributed by atoms with Crippen molar-refractivity contribution >= 4 is 22.5 Å². The molecule has 1 fully saturated rings. The first-order valence-electron chi connectivity index (χ1n) is 7.84. The number of aryl methyl sites for hydroxylation is 1. The molecular formula is C17H21N3O2. The summed E-state index contributed by atoms with van der Waals surface area (Å²) < 4.78 is 1.90. The Bertz CT molecular complexity index is 773. The molecule has 1 aliphatic rings. The molecule has 5 nitrogen and oxygen atoms in total. The van der Waals surface area contributed by atoms with E-state index in [0.29, 0.717) is 17.6 Å². The van der Waals surface area contributed by atoms with Gasteiger partial charge in [-0.1, -0.05) is 18.9 Å². The van der Waals surface area contributed by atoms with Crippen molar-refractivity contribution in [1.29, 1.82) is 0 Å². The Morgan fingerprint density at radius 1 is 1.36 bits per heavy atom. The smallest absolute Gasteiger partial charge is 0.256 e. The molecule has 1 aliphatic carbocycles. The maximum Gasteiger partial charge on any atom is 0.256 e. The molecule has 1 saturated carbocycles. The molecule has 0 radical (unpaired) electrons. The van der Waals surface area contributed by atoms with Crippen LogP contribution in [0.5, 0.6) is 0 Å². The number of carbonyl (C=O) groups excluding carboxylic acids is 1. The first kappa shape index (κ1) is 14.6. The van der Waals surface area contributed by atoms with Crippen molar-refractivity contribution in [2.45, 2.75) is 45.2 Å². The molecule has 0 saturated heterocycles. The van der Waals surface area contributed by atoms with Gasteiger partial charge in [0.1, 0.15) is 5.56 Å². The van der Waals surface area contributed by atoms with Crippen molar-refractivity contribution in [2.24, 2.45) is 0 Å². The second-order valence-electron chi connectivity index (χ2n) is 5.85. The number of pyridine rings is 1. The zero-order valence-electron chi connectivity index (χ0n) is 12.8. The summed E-state index contributed by atoms with van der Waals surface area (Å²) >= 11 is 0. The normalized spacial score (nSPS) is 15.3. The Hall–Kier alpha value is -2.30. The average molecular weight is 299 g/mol. The Kier molecular flexibility index (Phi) is 3.88. The van der Waals surface area contributed by atoms with E-state index in [1.807, 2.05) is 23.6 Å². The lowest BCUT2D eigenvalue weighted by Crippen LogP contribution is -2.36. The van der Waals surface area contributed by atoms with E-state index in [1.54, 1.807) is 12.3 Å². The first-order valence-corrected chi connectivity index (χ1v) is 7.84. The number of aromatic nitrogens is 1. The van der Waals surface area contributed by atoms with Gasteiger partial charge in [-0.2, -0.15) is 0 Å². The minimum absolute atomic E-state index is 0.180. The second kappa shape index (κ2) is 5.83. The summed E-state index contributed by atoms with van der Waals surface area (Å²) in [5.41, 5.74) is 7.05. The Balaban J connectivity index is 2.09. The zero-order chi connectivity index (χ0) is 15.7. The van der Waals surface area contributed by atoms with Crippen molar-refractivity contribution in [2.75, 3.05) is 5.73 Å². The van der Waals surface area contributed by atoms with Gasteiger partial charge in [-0.05, 0) is 31.9 Å². The number of nitrogen functional groups attached to an aromatic ring is 1. The van der Waals surface area contributed by atoms with Crippen LogP contribution in [0.2, 0.25) is 0 Å². The number of benzene rings is 1. The molecule has 3 rings (SSSR count). The van der Waals surface area contributed by atoms with E-state index in [-0.39, 0.29) is 22.9 Å². The van der Waals surface area contributed by atoms with Gasteiger partial charge in [-0.15, -0.1) is 0 Å². The maximum atomic E-state index is 12.7. The van der Waals surface area contributed by atoms with Crippen LogP contribution in [-0.2, 0) is 6.54 Å². The van der Waals surface area contributed by atoms with E-state index in [0.717, 1.165) is 31.2 Å². The van der Waals surface area contributed by atoms with Gasteiger partial charge < -0.3 is 15.6 Å². The molecule has 1 amide bonds. The molecule has 2 aromatic rings. The lowest BCUT2D eigenvalue weighted by atomic mass is 10.1. The monoisotopic (exact) mass is 299 g/mol. The van der Waals surface area contributed by atoms with E-state index in [2.05, 4.69) is 5.32 Å². The first-order chi connectivity index (χ1) is 10.6. The molecule has 0 aliphatic heterocycles. The topological polar surface area (TPSA) is 77.1 Å². The number of hydrogen-bond acceptors (Lipinski definition) is 3. The molecule has 0 spiro atoms. The third-order valence-corrected chi connectivity index (χ3v) is 4.42. The fourth-order valence-corrected chi connectivity index (χ4v) is 3.22. The largest absolute Gasteiger partial charge is 0.398 e. The van der Waals surface area contributed by atoms with Gasteiger partial charge in [0.2, 0.25) is 5.43 Å². The van der Waals surface area contributed by atoms with Crippen LogP contribution in [0.4, 0.5) is 5.69 Å². The van der Waals surface area contributed by atoms with Crippen molar-refractivity contribution in [1.82, 2.24) is 9.88 Å². The predicted molar refractivity (Wildman–Crippen MR) is 88.0 cm³/mol. The van der Waals surface area contributed by atoms with Crippen LogP contribution in [0.15, 0.2) is 29.2 Å². The molecule has 3 N–H and O–H groups in total. The summed E-state index contributed by atoms with van der Waals surface area (Å²) in [5, 5.41) is 3.41. The fraction of sp³-hybridized carbons (Fsp3) is 0.412. The molecular weight excluding hydrogens is 278 g/mol. The third-order valence-electron chi connectivity index (χ3n) is 4.42. The Morgan fingerprint density at radius 2 is 2.09 bits per heavy atom. The molecule has 1 aromatic heterocycles. The quantitative estimate of drug-likeness (QED) is 0.854. The highest BCUT2D eigenvalue weighted by Gasteiger charge is 2.21. The molecule has 0 bridgehead atoms. The SMILES string of the molecule is CCn1cc(C(=O)NC2CCCC2)c(=O)c2c(N)cccc21. The number of fused-ring (bicyclic) bond motifs is 1.